The molecule has 1 heterocycles. The van der Waals surface area contributed by atoms with Crippen molar-refractivity contribution in [3.8, 4) is 0 Å². The van der Waals surface area contributed by atoms with Crippen LogP contribution in [-0.4, -0.2) is 27.6 Å². The molecule has 0 bridgehead atoms. The molecule has 0 atom stereocenters. The molecular formula is C12H14FN5O. The molecule has 6 nitrogen and oxygen atoms in total. The molecule has 7 heteroatoms. The number of nitrogen functional groups attached to an aromatic ring is 1. The molecule has 100 valence electrons. The van der Waals surface area contributed by atoms with Gasteiger partial charge in [0, 0.05) is 18.7 Å². The third-order valence-electron chi connectivity index (χ3n) is 2.58. The lowest BCUT2D eigenvalue weighted by Crippen LogP contribution is -2.25. The van der Waals surface area contributed by atoms with E-state index in [1.54, 1.807) is 0 Å². The summed E-state index contributed by atoms with van der Waals surface area (Å²) in [6, 6.07) is 3.91. The molecule has 0 fully saturated rings. The minimum Gasteiger partial charge on any atom is -0.399 e. The van der Waals surface area contributed by atoms with Crippen LogP contribution in [0.25, 0.3) is 0 Å². The summed E-state index contributed by atoms with van der Waals surface area (Å²) in [4.78, 5) is 15.7. The number of anilines is 1. The number of carbonyl (C=O) groups excluding carboxylic acids is 1. The summed E-state index contributed by atoms with van der Waals surface area (Å²) in [5, 5.41) is 9.07. The van der Waals surface area contributed by atoms with Gasteiger partial charge in [-0.2, -0.15) is 5.10 Å². The van der Waals surface area contributed by atoms with Crippen molar-refractivity contribution in [2.75, 3.05) is 12.3 Å². The van der Waals surface area contributed by atoms with E-state index in [-0.39, 0.29) is 5.56 Å². The van der Waals surface area contributed by atoms with Crippen molar-refractivity contribution in [2.24, 2.45) is 0 Å². The van der Waals surface area contributed by atoms with Gasteiger partial charge in [0.1, 0.15) is 18.0 Å². The molecule has 0 aliphatic carbocycles. The second-order valence-electron chi connectivity index (χ2n) is 4.03. The maximum absolute atomic E-state index is 13.4. The molecule has 2 aromatic rings. The first-order chi connectivity index (χ1) is 9.16. The first kappa shape index (κ1) is 13.0. The normalized spacial score (nSPS) is 10.4. The predicted octanol–water partition coefficient (Wildman–Crippen LogP) is 0.889. The number of nitrogens with one attached hydrogen (secondary N) is 2. The summed E-state index contributed by atoms with van der Waals surface area (Å²) in [5.41, 5.74) is 5.83. The number of hydrogen-bond donors (Lipinski definition) is 3. The molecule has 0 unspecified atom stereocenters. The van der Waals surface area contributed by atoms with Gasteiger partial charge in [0.05, 0.1) is 5.56 Å². The Balaban J connectivity index is 1.82. The Hall–Kier alpha value is -2.44. The fourth-order valence-electron chi connectivity index (χ4n) is 1.62. The van der Waals surface area contributed by atoms with Crippen LogP contribution in [0.4, 0.5) is 10.1 Å². The Labute approximate surface area is 109 Å². The van der Waals surface area contributed by atoms with Crippen molar-refractivity contribution in [3.63, 3.8) is 0 Å². The Morgan fingerprint density at radius 1 is 1.47 bits per heavy atom. The van der Waals surface area contributed by atoms with Crippen LogP contribution in [0.2, 0.25) is 0 Å². The fraction of sp³-hybridized carbons (Fsp3) is 0.250. The van der Waals surface area contributed by atoms with Crippen LogP contribution in [-0.2, 0) is 6.42 Å². The number of aromatic amines is 1. The standard InChI is InChI=1S/C12H14FN5O/c13-10-4-3-8(14)6-9(10)12(19)15-5-1-2-11-16-7-17-18-11/h3-4,6-7H,1-2,5,14H2,(H,15,19)(H,16,17,18). The van der Waals surface area contributed by atoms with Crippen LogP contribution >= 0.6 is 0 Å². The van der Waals surface area contributed by atoms with Gasteiger partial charge >= 0.3 is 0 Å². The van der Waals surface area contributed by atoms with Crippen molar-refractivity contribution in [1.29, 1.82) is 0 Å². The van der Waals surface area contributed by atoms with E-state index in [9.17, 15) is 9.18 Å². The Morgan fingerprint density at radius 3 is 3.05 bits per heavy atom. The van der Waals surface area contributed by atoms with Crippen LogP contribution in [0.15, 0.2) is 24.5 Å². The molecule has 0 radical (unpaired) electrons. The van der Waals surface area contributed by atoms with E-state index in [2.05, 4.69) is 20.5 Å². The second kappa shape index (κ2) is 5.94. The number of benzene rings is 1. The zero-order valence-corrected chi connectivity index (χ0v) is 10.2. The lowest BCUT2D eigenvalue weighted by atomic mass is 10.1. The van der Waals surface area contributed by atoms with Gasteiger partial charge < -0.3 is 11.1 Å². The summed E-state index contributed by atoms with van der Waals surface area (Å²) < 4.78 is 13.4. The number of rotatable bonds is 5. The zero-order chi connectivity index (χ0) is 13.7. The van der Waals surface area contributed by atoms with E-state index in [0.717, 1.165) is 5.82 Å². The number of nitrogens with zero attached hydrogens (tertiary/aromatic N) is 2. The van der Waals surface area contributed by atoms with Crippen LogP contribution < -0.4 is 11.1 Å². The molecule has 1 aromatic carbocycles. The van der Waals surface area contributed by atoms with Gasteiger partial charge in [-0.1, -0.05) is 0 Å². The van der Waals surface area contributed by atoms with E-state index in [0.29, 0.717) is 25.1 Å². The maximum Gasteiger partial charge on any atom is 0.254 e. The summed E-state index contributed by atoms with van der Waals surface area (Å²) in [7, 11) is 0. The number of amides is 1. The van der Waals surface area contributed by atoms with Gasteiger partial charge in [-0.25, -0.2) is 9.37 Å². The molecule has 1 amide bonds. The van der Waals surface area contributed by atoms with Gasteiger partial charge in [0.2, 0.25) is 0 Å². The highest BCUT2D eigenvalue weighted by atomic mass is 19.1. The lowest BCUT2D eigenvalue weighted by Gasteiger charge is -2.06. The highest BCUT2D eigenvalue weighted by Gasteiger charge is 2.11. The summed E-state index contributed by atoms with van der Waals surface area (Å²) in [5.74, 6) is -0.298. The zero-order valence-electron chi connectivity index (χ0n) is 10.2. The molecular weight excluding hydrogens is 249 g/mol. The molecule has 0 saturated heterocycles. The minimum atomic E-state index is -0.582. The summed E-state index contributed by atoms with van der Waals surface area (Å²) >= 11 is 0. The van der Waals surface area contributed by atoms with Gasteiger partial charge in [0.15, 0.2) is 0 Å². The summed E-state index contributed by atoms with van der Waals surface area (Å²) in [6.45, 7) is 0.424. The van der Waals surface area contributed by atoms with Gasteiger partial charge in [-0.15, -0.1) is 0 Å². The van der Waals surface area contributed by atoms with E-state index in [1.165, 1.54) is 24.5 Å². The first-order valence-electron chi connectivity index (χ1n) is 5.84. The van der Waals surface area contributed by atoms with Crippen molar-refractivity contribution >= 4 is 11.6 Å². The number of hydrogen-bond acceptors (Lipinski definition) is 4. The maximum atomic E-state index is 13.4. The molecule has 0 saturated carbocycles. The molecule has 0 aliphatic rings. The number of nitrogens with two attached hydrogens (primary N) is 1. The number of aryl methyl sites for hydroxylation is 1. The molecule has 0 spiro atoms. The molecule has 4 N–H and O–H groups in total. The first-order valence-corrected chi connectivity index (χ1v) is 5.84. The molecule has 2 rings (SSSR count). The number of carbonyl (C=O) groups is 1. The smallest absolute Gasteiger partial charge is 0.254 e. The van der Waals surface area contributed by atoms with Gasteiger partial charge in [0.25, 0.3) is 5.91 Å². The van der Waals surface area contributed by atoms with Gasteiger partial charge in [-0.3, -0.25) is 9.89 Å². The topological polar surface area (TPSA) is 96.7 Å². The van der Waals surface area contributed by atoms with Crippen molar-refractivity contribution < 1.29 is 9.18 Å². The highest BCUT2D eigenvalue weighted by molar-refractivity contribution is 5.95. The van der Waals surface area contributed by atoms with E-state index < -0.39 is 11.7 Å². The van der Waals surface area contributed by atoms with Crippen LogP contribution in [0.3, 0.4) is 0 Å². The van der Waals surface area contributed by atoms with Crippen molar-refractivity contribution in [3.05, 3.63) is 41.7 Å². The molecule has 19 heavy (non-hydrogen) atoms. The second-order valence-corrected chi connectivity index (χ2v) is 4.03. The van der Waals surface area contributed by atoms with Crippen LogP contribution in [0, 0.1) is 5.82 Å². The third-order valence-corrected chi connectivity index (χ3v) is 2.58. The van der Waals surface area contributed by atoms with Gasteiger partial charge in [-0.05, 0) is 24.6 Å². The van der Waals surface area contributed by atoms with Crippen molar-refractivity contribution in [2.45, 2.75) is 12.8 Å². The van der Waals surface area contributed by atoms with E-state index in [1.807, 2.05) is 0 Å². The SMILES string of the molecule is Nc1ccc(F)c(C(=O)NCCCc2ncn[nH]2)c1. The number of aromatic nitrogens is 3. The Bertz CT molecular complexity index is 555. The van der Waals surface area contributed by atoms with Crippen LogP contribution in [0.1, 0.15) is 22.6 Å². The highest BCUT2D eigenvalue weighted by Crippen LogP contribution is 2.11. The predicted molar refractivity (Wildman–Crippen MR) is 67.8 cm³/mol. The average Bonchev–Trinajstić information content (AvgIpc) is 2.90. The van der Waals surface area contributed by atoms with E-state index in [4.69, 9.17) is 5.73 Å². The monoisotopic (exact) mass is 263 g/mol. The molecule has 0 aliphatic heterocycles. The van der Waals surface area contributed by atoms with Crippen molar-refractivity contribution in [1.82, 2.24) is 20.5 Å². The Morgan fingerprint density at radius 2 is 2.32 bits per heavy atom. The molecule has 1 aromatic heterocycles. The quantitative estimate of drug-likeness (QED) is 0.551. The summed E-state index contributed by atoms with van der Waals surface area (Å²) in [6.07, 6.45) is 2.78. The Kier molecular flexibility index (Phi) is 4.07. The largest absolute Gasteiger partial charge is 0.399 e. The number of halogens is 1. The van der Waals surface area contributed by atoms with E-state index >= 15 is 0 Å². The third kappa shape index (κ3) is 3.51. The lowest BCUT2D eigenvalue weighted by molar-refractivity contribution is 0.0949. The number of H-pyrrole nitrogens is 1. The average molecular weight is 263 g/mol. The van der Waals surface area contributed by atoms with Crippen LogP contribution in [0.5, 0.6) is 0 Å². The minimum absolute atomic E-state index is 0.0420. The fourth-order valence-corrected chi connectivity index (χ4v) is 1.62.